The van der Waals surface area contributed by atoms with Crippen LogP contribution in [0.5, 0.6) is 0 Å². The average Bonchev–Trinajstić information content (AvgIpc) is 3.02. The van der Waals surface area contributed by atoms with Crippen LogP contribution >= 0.6 is 0 Å². The highest BCUT2D eigenvalue weighted by Gasteiger charge is 2.24. The normalized spacial score (nSPS) is 14.0. The van der Waals surface area contributed by atoms with Crippen molar-refractivity contribution in [1.82, 2.24) is 4.98 Å². The van der Waals surface area contributed by atoms with E-state index in [9.17, 15) is 0 Å². The van der Waals surface area contributed by atoms with Crippen LogP contribution in [0.4, 0.5) is 17.4 Å². The van der Waals surface area contributed by atoms with Gasteiger partial charge in [0.05, 0.1) is 5.69 Å². The summed E-state index contributed by atoms with van der Waals surface area (Å²) in [6.07, 6.45) is 1.02. The second kappa shape index (κ2) is 3.75. The van der Waals surface area contributed by atoms with Crippen molar-refractivity contribution in [2.45, 2.75) is 6.42 Å². The molecule has 0 spiro atoms. The molecule has 1 aliphatic heterocycles. The third kappa shape index (κ3) is 1.50. The predicted octanol–water partition coefficient (Wildman–Crippen LogP) is 3.10. The standard InChI is InChI=1S/C15H13N3O/c16-11-5-3-7-13-14(11)17-15(19-13)18-9-8-10-4-1-2-6-12(10)18/h1-7H,8-9,16H2. The number of hydrogen-bond acceptors (Lipinski definition) is 4. The van der Waals surface area contributed by atoms with Gasteiger partial charge in [-0.1, -0.05) is 24.3 Å². The average molecular weight is 251 g/mol. The number of oxazole rings is 1. The van der Waals surface area contributed by atoms with Gasteiger partial charge in [-0.05, 0) is 30.2 Å². The Labute approximate surface area is 110 Å². The van der Waals surface area contributed by atoms with E-state index in [4.69, 9.17) is 10.2 Å². The van der Waals surface area contributed by atoms with Crippen LogP contribution in [-0.4, -0.2) is 11.5 Å². The second-order valence-electron chi connectivity index (χ2n) is 4.72. The van der Waals surface area contributed by atoms with E-state index in [1.165, 1.54) is 11.3 Å². The van der Waals surface area contributed by atoms with Crippen LogP contribution in [0.25, 0.3) is 11.1 Å². The zero-order chi connectivity index (χ0) is 12.8. The molecule has 4 nitrogen and oxygen atoms in total. The van der Waals surface area contributed by atoms with Crippen LogP contribution in [0.2, 0.25) is 0 Å². The maximum absolute atomic E-state index is 5.92. The molecule has 1 aliphatic rings. The Morgan fingerprint density at radius 3 is 2.89 bits per heavy atom. The monoisotopic (exact) mass is 251 g/mol. The van der Waals surface area contributed by atoms with Crippen molar-refractivity contribution in [2.75, 3.05) is 17.2 Å². The molecule has 0 fully saturated rings. The van der Waals surface area contributed by atoms with E-state index in [2.05, 4.69) is 28.1 Å². The number of rotatable bonds is 1. The fraction of sp³-hybridized carbons (Fsp3) is 0.133. The van der Waals surface area contributed by atoms with Crippen LogP contribution in [0.1, 0.15) is 5.56 Å². The minimum atomic E-state index is 0.623. The molecule has 0 unspecified atom stereocenters. The molecule has 0 saturated heterocycles. The molecule has 3 aromatic rings. The molecule has 0 bridgehead atoms. The lowest BCUT2D eigenvalue weighted by Gasteiger charge is -2.13. The van der Waals surface area contributed by atoms with Gasteiger partial charge in [0, 0.05) is 12.2 Å². The van der Waals surface area contributed by atoms with E-state index in [1.54, 1.807) is 0 Å². The quantitative estimate of drug-likeness (QED) is 0.675. The number of nitrogens with zero attached hydrogens (tertiary/aromatic N) is 2. The molecular formula is C15H13N3O. The van der Waals surface area contributed by atoms with E-state index >= 15 is 0 Å². The van der Waals surface area contributed by atoms with Gasteiger partial charge in [-0.25, -0.2) is 0 Å². The summed E-state index contributed by atoms with van der Waals surface area (Å²) in [6, 6.07) is 14.6. The summed E-state index contributed by atoms with van der Waals surface area (Å²) in [4.78, 5) is 6.63. The van der Waals surface area contributed by atoms with E-state index in [0.29, 0.717) is 11.7 Å². The Morgan fingerprint density at radius 1 is 1.11 bits per heavy atom. The molecule has 2 aromatic carbocycles. The molecule has 0 radical (unpaired) electrons. The number of nitrogens with two attached hydrogens (primary N) is 1. The van der Waals surface area contributed by atoms with E-state index in [1.807, 2.05) is 24.3 Å². The smallest absolute Gasteiger partial charge is 0.303 e. The van der Waals surface area contributed by atoms with Gasteiger partial charge in [0.25, 0.3) is 0 Å². The molecule has 2 heterocycles. The Bertz CT molecular complexity index is 763. The van der Waals surface area contributed by atoms with Crippen molar-refractivity contribution in [1.29, 1.82) is 0 Å². The van der Waals surface area contributed by atoms with Crippen molar-refractivity contribution in [3.8, 4) is 0 Å². The lowest BCUT2D eigenvalue weighted by molar-refractivity contribution is 0.597. The Hall–Kier alpha value is -2.49. The number of hydrogen-bond donors (Lipinski definition) is 1. The molecule has 0 saturated carbocycles. The van der Waals surface area contributed by atoms with Crippen molar-refractivity contribution in [3.05, 3.63) is 48.0 Å². The highest BCUT2D eigenvalue weighted by Crippen LogP contribution is 2.35. The van der Waals surface area contributed by atoms with E-state index in [0.717, 1.165) is 24.1 Å². The first kappa shape index (κ1) is 10.4. The predicted molar refractivity (Wildman–Crippen MR) is 75.6 cm³/mol. The van der Waals surface area contributed by atoms with E-state index in [-0.39, 0.29) is 0 Å². The zero-order valence-corrected chi connectivity index (χ0v) is 10.3. The highest BCUT2D eigenvalue weighted by molar-refractivity contribution is 5.87. The van der Waals surface area contributed by atoms with Gasteiger partial charge in [-0.15, -0.1) is 0 Å². The first-order chi connectivity index (χ1) is 9.33. The van der Waals surface area contributed by atoms with Crippen molar-refractivity contribution in [2.24, 2.45) is 0 Å². The lowest BCUT2D eigenvalue weighted by atomic mass is 10.2. The molecule has 0 amide bonds. The molecular weight excluding hydrogens is 238 g/mol. The first-order valence-electron chi connectivity index (χ1n) is 6.33. The van der Waals surface area contributed by atoms with Crippen LogP contribution in [-0.2, 0) is 6.42 Å². The van der Waals surface area contributed by atoms with Gasteiger partial charge in [0.2, 0.25) is 0 Å². The second-order valence-corrected chi connectivity index (χ2v) is 4.72. The molecule has 4 heteroatoms. The number of aromatic nitrogens is 1. The molecule has 94 valence electrons. The van der Waals surface area contributed by atoms with Crippen molar-refractivity contribution >= 4 is 28.5 Å². The summed E-state index contributed by atoms with van der Waals surface area (Å²) in [5.41, 5.74) is 10.6. The van der Waals surface area contributed by atoms with Crippen molar-refractivity contribution in [3.63, 3.8) is 0 Å². The molecule has 19 heavy (non-hydrogen) atoms. The van der Waals surface area contributed by atoms with Crippen LogP contribution in [0.3, 0.4) is 0 Å². The van der Waals surface area contributed by atoms with Gasteiger partial charge >= 0.3 is 6.01 Å². The number of anilines is 3. The fourth-order valence-electron chi connectivity index (χ4n) is 2.61. The SMILES string of the molecule is Nc1cccc2oc(N3CCc4ccccc43)nc12. The van der Waals surface area contributed by atoms with Crippen molar-refractivity contribution < 1.29 is 4.42 Å². The minimum absolute atomic E-state index is 0.623. The summed E-state index contributed by atoms with van der Waals surface area (Å²) in [5, 5.41) is 0. The number of nitrogen functional groups attached to an aromatic ring is 1. The number of para-hydroxylation sites is 2. The maximum atomic E-state index is 5.92. The van der Waals surface area contributed by atoms with Gasteiger partial charge in [0.15, 0.2) is 5.58 Å². The van der Waals surface area contributed by atoms with Gasteiger partial charge in [0.1, 0.15) is 5.52 Å². The summed E-state index contributed by atoms with van der Waals surface area (Å²) in [5.74, 6) is 0. The first-order valence-corrected chi connectivity index (χ1v) is 6.33. The molecule has 4 rings (SSSR count). The summed E-state index contributed by atoms with van der Waals surface area (Å²) < 4.78 is 5.82. The highest BCUT2D eigenvalue weighted by atomic mass is 16.4. The van der Waals surface area contributed by atoms with Crippen LogP contribution in [0, 0.1) is 0 Å². The van der Waals surface area contributed by atoms with Gasteiger partial charge < -0.3 is 10.2 Å². The lowest BCUT2D eigenvalue weighted by Crippen LogP contribution is -2.13. The summed E-state index contributed by atoms with van der Waals surface area (Å²) in [7, 11) is 0. The molecule has 0 aliphatic carbocycles. The van der Waals surface area contributed by atoms with Gasteiger partial charge in [-0.3, -0.25) is 4.90 Å². The van der Waals surface area contributed by atoms with E-state index < -0.39 is 0 Å². The third-order valence-electron chi connectivity index (χ3n) is 3.56. The van der Waals surface area contributed by atoms with Gasteiger partial charge in [-0.2, -0.15) is 4.98 Å². The van der Waals surface area contributed by atoms with Crippen LogP contribution < -0.4 is 10.6 Å². The minimum Gasteiger partial charge on any atom is -0.423 e. The topological polar surface area (TPSA) is 55.3 Å². The maximum Gasteiger partial charge on any atom is 0.303 e. The molecule has 2 N–H and O–H groups in total. The summed E-state index contributed by atoms with van der Waals surface area (Å²) >= 11 is 0. The van der Waals surface area contributed by atoms with Crippen LogP contribution in [0.15, 0.2) is 46.9 Å². The zero-order valence-electron chi connectivity index (χ0n) is 10.3. The summed E-state index contributed by atoms with van der Waals surface area (Å²) in [6.45, 7) is 0.895. The molecule has 1 aromatic heterocycles. The fourth-order valence-corrected chi connectivity index (χ4v) is 2.61. The number of fused-ring (bicyclic) bond motifs is 2. The Balaban J connectivity index is 1.86. The largest absolute Gasteiger partial charge is 0.423 e. The number of benzene rings is 2. The Kier molecular flexibility index (Phi) is 2.06. The Morgan fingerprint density at radius 2 is 2.00 bits per heavy atom. The molecule has 0 atom stereocenters. The third-order valence-corrected chi connectivity index (χ3v) is 3.56.